The minimum absolute atomic E-state index is 0.0549. The van der Waals surface area contributed by atoms with E-state index in [0.717, 1.165) is 15.6 Å². The van der Waals surface area contributed by atoms with Crippen LogP contribution in [0.5, 0.6) is 5.75 Å². The van der Waals surface area contributed by atoms with Gasteiger partial charge in [-0.3, -0.25) is 4.79 Å². The molecule has 1 aliphatic rings. The van der Waals surface area contributed by atoms with Gasteiger partial charge in [-0.25, -0.2) is 0 Å². The highest BCUT2D eigenvalue weighted by Crippen LogP contribution is 2.32. The Hall–Kier alpha value is -1.03. The quantitative estimate of drug-likeness (QED) is 0.784. The van der Waals surface area contributed by atoms with Gasteiger partial charge < -0.3 is 10.1 Å². The minimum Gasteiger partial charge on any atom is -0.491 e. The number of hydrogen-bond acceptors (Lipinski definition) is 2. The van der Waals surface area contributed by atoms with Crippen LogP contribution < -0.4 is 10.1 Å². The van der Waals surface area contributed by atoms with E-state index in [1.165, 1.54) is 0 Å². The Labute approximate surface area is 96.9 Å². The molecule has 0 unspecified atom stereocenters. The summed E-state index contributed by atoms with van der Waals surface area (Å²) in [5.41, 5.74) is 2.66. The van der Waals surface area contributed by atoms with E-state index >= 15 is 0 Å². The standard InChI is InChI=1S/C11H12BrNO2/c1-6-5-8-9(7(2)10(6)12)11(14)13-3-4-15-8/h5H,3-4H2,1-2H3,(H,13,14). The maximum absolute atomic E-state index is 11.8. The van der Waals surface area contributed by atoms with Crippen molar-refractivity contribution in [1.29, 1.82) is 0 Å². The van der Waals surface area contributed by atoms with Crippen LogP contribution in [-0.2, 0) is 0 Å². The molecule has 0 radical (unpaired) electrons. The second kappa shape index (κ2) is 3.85. The zero-order valence-electron chi connectivity index (χ0n) is 8.69. The van der Waals surface area contributed by atoms with Crippen molar-refractivity contribution in [2.24, 2.45) is 0 Å². The minimum atomic E-state index is -0.0549. The van der Waals surface area contributed by atoms with Gasteiger partial charge in [0.05, 0.1) is 12.1 Å². The molecular formula is C11H12BrNO2. The summed E-state index contributed by atoms with van der Waals surface area (Å²) in [7, 11) is 0. The van der Waals surface area contributed by atoms with Gasteiger partial charge in [-0.2, -0.15) is 0 Å². The fourth-order valence-corrected chi connectivity index (χ4v) is 2.05. The third-order valence-corrected chi connectivity index (χ3v) is 3.74. The number of aryl methyl sites for hydroxylation is 1. The van der Waals surface area contributed by atoms with Gasteiger partial charge in [0.1, 0.15) is 12.4 Å². The molecule has 0 saturated heterocycles. The molecule has 0 aliphatic carbocycles. The zero-order valence-corrected chi connectivity index (χ0v) is 10.3. The van der Waals surface area contributed by atoms with Crippen LogP contribution in [0.3, 0.4) is 0 Å². The molecule has 4 heteroatoms. The van der Waals surface area contributed by atoms with Gasteiger partial charge in [0.25, 0.3) is 5.91 Å². The lowest BCUT2D eigenvalue weighted by molar-refractivity contribution is 0.0956. The molecule has 0 saturated carbocycles. The van der Waals surface area contributed by atoms with Gasteiger partial charge in [0.15, 0.2) is 0 Å². The Balaban J connectivity index is 2.66. The number of benzene rings is 1. The first kappa shape index (κ1) is 10.5. The monoisotopic (exact) mass is 269 g/mol. The average Bonchev–Trinajstić information content (AvgIpc) is 2.37. The van der Waals surface area contributed by atoms with Crippen molar-refractivity contribution >= 4 is 21.8 Å². The SMILES string of the molecule is Cc1cc2c(c(C)c1Br)C(=O)NCCO2. The van der Waals surface area contributed by atoms with E-state index in [0.29, 0.717) is 24.5 Å². The molecule has 1 aromatic rings. The van der Waals surface area contributed by atoms with Crippen LogP contribution in [0, 0.1) is 13.8 Å². The summed E-state index contributed by atoms with van der Waals surface area (Å²) in [5, 5.41) is 2.80. The van der Waals surface area contributed by atoms with Crippen LogP contribution in [0.4, 0.5) is 0 Å². The first-order chi connectivity index (χ1) is 7.11. The van der Waals surface area contributed by atoms with Gasteiger partial charge in [-0.05, 0) is 31.0 Å². The lowest BCUT2D eigenvalue weighted by Crippen LogP contribution is -2.25. The number of fused-ring (bicyclic) bond motifs is 1. The van der Waals surface area contributed by atoms with Gasteiger partial charge in [0.2, 0.25) is 0 Å². The molecule has 2 rings (SSSR count). The maximum atomic E-state index is 11.8. The van der Waals surface area contributed by atoms with E-state index in [2.05, 4.69) is 21.2 Å². The van der Waals surface area contributed by atoms with Crippen LogP contribution in [0.2, 0.25) is 0 Å². The lowest BCUT2D eigenvalue weighted by Gasteiger charge is -2.12. The molecular weight excluding hydrogens is 258 g/mol. The third kappa shape index (κ3) is 1.74. The Morgan fingerprint density at radius 3 is 2.93 bits per heavy atom. The summed E-state index contributed by atoms with van der Waals surface area (Å²) < 4.78 is 6.51. The highest BCUT2D eigenvalue weighted by atomic mass is 79.9. The van der Waals surface area contributed by atoms with Crippen LogP contribution in [-0.4, -0.2) is 19.1 Å². The number of nitrogens with one attached hydrogen (secondary N) is 1. The largest absolute Gasteiger partial charge is 0.491 e. The molecule has 0 bridgehead atoms. The number of rotatable bonds is 0. The Morgan fingerprint density at radius 1 is 1.47 bits per heavy atom. The molecule has 1 aromatic carbocycles. The first-order valence-corrected chi connectivity index (χ1v) is 5.61. The van der Waals surface area contributed by atoms with E-state index in [1.807, 2.05) is 19.9 Å². The summed E-state index contributed by atoms with van der Waals surface area (Å²) in [6.07, 6.45) is 0. The molecule has 1 aliphatic heterocycles. The predicted octanol–water partition coefficient (Wildman–Crippen LogP) is 2.19. The van der Waals surface area contributed by atoms with Crippen molar-refractivity contribution in [3.63, 3.8) is 0 Å². The molecule has 0 spiro atoms. The number of hydrogen-bond donors (Lipinski definition) is 1. The Bertz CT molecular complexity index is 429. The van der Waals surface area contributed by atoms with Crippen LogP contribution in [0.25, 0.3) is 0 Å². The highest BCUT2D eigenvalue weighted by Gasteiger charge is 2.21. The summed E-state index contributed by atoms with van der Waals surface area (Å²) in [6.45, 7) is 5.00. The smallest absolute Gasteiger partial charge is 0.255 e. The summed E-state index contributed by atoms with van der Waals surface area (Å²) >= 11 is 3.48. The van der Waals surface area contributed by atoms with Crippen molar-refractivity contribution in [3.05, 3.63) is 27.2 Å². The highest BCUT2D eigenvalue weighted by molar-refractivity contribution is 9.10. The fraction of sp³-hybridized carbons (Fsp3) is 0.364. The van der Waals surface area contributed by atoms with Crippen molar-refractivity contribution in [1.82, 2.24) is 5.32 Å². The van der Waals surface area contributed by atoms with Crippen molar-refractivity contribution in [2.75, 3.05) is 13.2 Å². The van der Waals surface area contributed by atoms with E-state index in [4.69, 9.17) is 4.74 Å². The molecule has 1 amide bonds. The first-order valence-electron chi connectivity index (χ1n) is 4.82. The van der Waals surface area contributed by atoms with Gasteiger partial charge in [0, 0.05) is 4.47 Å². The van der Waals surface area contributed by atoms with Gasteiger partial charge >= 0.3 is 0 Å². The molecule has 3 nitrogen and oxygen atoms in total. The summed E-state index contributed by atoms with van der Waals surface area (Å²) in [6, 6.07) is 1.90. The average molecular weight is 270 g/mol. The third-order valence-electron chi connectivity index (χ3n) is 2.52. The maximum Gasteiger partial charge on any atom is 0.255 e. The molecule has 0 aromatic heterocycles. The van der Waals surface area contributed by atoms with E-state index in [1.54, 1.807) is 0 Å². The number of carbonyl (C=O) groups is 1. The second-order valence-corrected chi connectivity index (χ2v) is 4.40. The summed E-state index contributed by atoms with van der Waals surface area (Å²) in [5.74, 6) is 0.629. The van der Waals surface area contributed by atoms with Crippen molar-refractivity contribution < 1.29 is 9.53 Å². The van der Waals surface area contributed by atoms with Crippen LogP contribution >= 0.6 is 15.9 Å². The normalized spacial score (nSPS) is 15.0. The number of carbonyl (C=O) groups excluding carboxylic acids is 1. The number of halogens is 1. The fourth-order valence-electron chi connectivity index (χ4n) is 1.73. The zero-order chi connectivity index (χ0) is 11.0. The summed E-state index contributed by atoms with van der Waals surface area (Å²) in [4.78, 5) is 11.8. The van der Waals surface area contributed by atoms with E-state index < -0.39 is 0 Å². The lowest BCUT2D eigenvalue weighted by atomic mass is 10.0. The molecule has 0 atom stereocenters. The van der Waals surface area contributed by atoms with E-state index in [-0.39, 0.29) is 5.91 Å². The van der Waals surface area contributed by atoms with Crippen LogP contribution in [0.15, 0.2) is 10.5 Å². The molecule has 1 N–H and O–H groups in total. The number of ether oxygens (including phenoxy) is 1. The molecule has 15 heavy (non-hydrogen) atoms. The van der Waals surface area contributed by atoms with Gasteiger partial charge in [-0.1, -0.05) is 15.9 Å². The van der Waals surface area contributed by atoms with E-state index in [9.17, 15) is 4.79 Å². The topological polar surface area (TPSA) is 38.3 Å². The predicted molar refractivity (Wildman–Crippen MR) is 61.4 cm³/mol. The molecule has 0 fully saturated rings. The Morgan fingerprint density at radius 2 is 2.20 bits per heavy atom. The molecule has 80 valence electrons. The number of amides is 1. The molecule has 1 heterocycles. The van der Waals surface area contributed by atoms with Gasteiger partial charge in [-0.15, -0.1) is 0 Å². The van der Waals surface area contributed by atoms with Crippen LogP contribution in [0.1, 0.15) is 21.5 Å². The second-order valence-electron chi connectivity index (χ2n) is 3.61. The van der Waals surface area contributed by atoms with Crippen molar-refractivity contribution in [2.45, 2.75) is 13.8 Å². The Kier molecular flexibility index (Phi) is 2.69. The van der Waals surface area contributed by atoms with Crippen molar-refractivity contribution in [3.8, 4) is 5.75 Å².